The summed E-state index contributed by atoms with van der Waals surface area (Å²) in [7, 11) is 0. The minimum absolute atomic E-state index is 0.0429. The van der Waals surface area contributed by atoms with E-state index in [0.717, 1.165) is 28.0 Å². The van der Waals surface area contributed by atoms with E-state index in [-0.39, 0.29) is 20.9 Å². The van der Waals surface area contributed by atoms with Crippen LogP contribution < -0.4 is 11.1 Å². The van der Waals surface area contributed by atoms with E-state index in [1.165, 1.54) is 11.3 Å². The molecule has 4 heterocycles. The summed E-state index contributed by atoms with van der Waals surface area (Å²) < 4.78 is 0.364. The first-order valence-electron chi connectivity index (χ1n) is 8.84. The topological polar surface area (TPSA) is 168 Å². The molecule has 0 spiro atoms. The number of allylic oxidation sites excluding steroid dienone is 1. The number of halogens is 2. The molecule has 4 N–H and O–H groups in total. The zero-order valence-electron chi connectivity index (χ0n) is 15.7. The molecule has 3 atom stereocenters. The molecule has 1 saturated heterocycles. The first kappa shape index (κ1) is 22.9. The maximum absolute atomic E-state index is 12.8. The SMILES string of the molecule is Nc1nc(C(N=O)C(=O)NC2C(=O)N3C(C(=O)O)=C(Sc4csc(Cl)n4)CCC23)c(Cl)s1. The number of nitroso groups, excluding NO2 is 1. The van der Waals surface area contributed by atoms with Crippen molar-refractivity contribution < 1.29 is 19.5 Å². The number of anilines is 1. The fourth-order valence-corrected chi connectivity index (χ4v) is 6.43. The monoisotopic (exact) mass is 534 g/mol. The van der Waals surface area contributed by atoms with Crippen molar-refractivity contribution in [3.63, 3.8) is 0 Å². The Hall–Kier alpha value is -2.26. The van der Waals surface area contributed by atoms with E-state index in [1.807, 2.05) is 0 Å². The highest BCUT2D eigenvalue weighted by atomic mass is 35.5. The number of fused-ring (bicyclic) bond motifs is 1. The van der Waals surface area contributed by atoms with Crippen LogP contribution in [0.1, 0.15) is 24.6 Å². The van der Waals surface area contributed by atoms with Crippen molar-refractivity contribution in [2.24, 2.45) is 5.18 Å². The molecule has 16 heteroatoms. The number of hydrogen-bond acceptors (Lipinski definition) is 11. The van der Waals surface area contributed by atoms with Crippen LogP contribution in [0.5, 0.6) is 0 Å². The first-order valence-corrected chi connectivity index (χ1v) is 12.1. The fourth-order valence-electron chi connectivity index (χ4n) is 3.49. The molecule has 2 aromatic heterocycles. The average molecular weight is 535 g/mol. The van der Waals surface area contributed by atoms with Crippen molar-refractivity contribution in [1.29, 1.82) is 0 Å². The minimum atomic E-state index is -1.59. The van der Waals surface area contributed by atoms with Gasteiger partial charge in [-0.1, -0.05) is 46.3 Å². The van der Waals surface area contributed by atoms with Crippen molar-refractivity contribution in [3.8, 4) is 0 Å². The van der Waals surface area contributed by atoms with Gasteiger partial charge in [-0.2, -0.15) is 0 Å². The number of β-lactam (4-membered cyclic amide) rings is 1. The maximum Gasteiger partial charge on any atom is 0.353 e. The molecular formula is C16H12Cl2N6O5S3. The summed E-state index contributed by atoms with van der Waals surface area (Å²) in [6, 6.07) is -3.17. The van der Waals surface area contributed by atoms with Gasteiger partial charge < -0.3 is 16.2 Å². The molecule has 0 bridgehead atoms. The molecule has 2 aliphatic rings. The van der Waals surface area contributed by atoms with Crippen LogP contribution in [0.15, 0.2) is 26.2 Å². The zero-order chi connectivity index (χ0) is 23.2. The number of carboxylic acids is 1. The van der Waals surface area contributed by atoms with Gasteiger partial charge in [-0.15, -0.1) is 16.2 Å². The van der Waals surface area contributed by atoms with Crippen molar-refractivity contribution in [1.82, 2.24) is 20.2 Å². The lowest BCUT2D eigenvalue weighted by Crippen LogP contribution is -2.71. The van der Waals surface area contributed by atoms with Crippen LogP contribution in [0.4, 0.5) is 5.13 Å². The van der Waals surface area contributed by atoms with Crippen LogP contribution in [0, 0.1) is 4.91 Å². The van der Waals surface area contributed by atoms with Crippen LogP contribution >= 0.6 is 57.6 Å². The highest BCUT2D eigenvalue weighted by Crippen LogP contribution is 2.43. The molecule has 1 fully saturated rings. The number of rotatable bonds is 7. The normalized spacial score (nSPS) is 21.1. The van der Waals surface area contributed by atoms with Gasteiger partial charge in [0.25, 0.3) is 11.8 Å². The third-order valence-electron chi connectivity index (χ3n) is 4.81. The predicted octanol–water partition coefficient (Wildman–Crippen LogP) is 2.87. The summed E-state index contributed by atoms with van der Waals surface area (Å²) in [4.78, 5) is 58.1. The second kappa shape index (κ2) is 8.94. The number of thioether (sulfide) groups is 1. The van der Waals surface area contributed by atoms with Crippen LogP contribution in [0.25, 0.3) is 0 Å². The number of nitrogens with one attached hydrogen (secondary N) is 1. The van der Waals surface area contributed by atoms with Gasteiger partial charge in [0.2, 0.25) is 6.04 Å². The van der Waals surface area contributed by atoms with E-state index in [4.69, 9.17) is 28.9 Å². The van der Waals surface area contributed by atoms with Crippen molar-refractivity contribution >= 4 is 80.6 Å². The van der Waals surface area contributed by atoms with Gasteiger partial charge in [0, 0.05) is 10.3 Å². The minimum Gasteiger partial charge on any atom is -0.477 e. The smallest absolute Gasteiger partial charge is 0.353 e. The lowest BCUT2D eigenvalue weighted by molar-refractivity contribution is -0.156. The molecule has 0 aromatic carbocycles. The number of thiazole rings is 2. The molecule has 0 aliphatic carbocycles. The summed E-state index contributed by atoms with van der Waals surface area (Å²) >= 11 is 15.0. The van der Waals surface area contributed by atoms with Gasteiger partial charge in [-0.3, -0.25) is 14.5 Å². The standard InChI is InChI=1S/C16H12Cl2N6O5S3/c17-11-8(22-16(19)32-11)9(23-29)12(25)21-7-4-1-2-5(31-6-3-30-15(18)20-6)10(14(27)28)24(4)13(7)26/h3-4,7,9H,1-2H2,(H2,19,22)(H,21,25)(H,27,28). The van der Waals surface area contributed by atoms with E-state index in [1.54, 1.807) is 5.38 Å². The highest BCUT2D eigenvalue weighted by Gasteiger charge is 2.54. The summed E-state index contributed by atoms with van der Waals surface area (Å²) in [5.74, 6) is -2.75. The van der Waals surface area contributed by atoms with Crippen molar-refractivity contribution in [2.45, 2.75) is 36.0 Å². The Morgan fingerprint density at radius 3 is 2.72 bits per heavy atom. The second-order valence-electron chi connectivity index (χ2n) is 6.64. The Bertz CT molecular complexity index is 1170. The number of carboxylic acid groups (broad SMARTS) is 1. The van der Waals surface area contributed by atoms with Crippen LogP contribution in [0.3, 0.4) is 0 Å². The van der Waals surface area contributed by atoms with E-state index in [0.29, 0.717) is 27.2 Å². The molecule has 2 aliphatic heterocycles. The lowest BCUT2D eigenvalue weighted by atomic mass is 9.86. The van der Waals surface area contributed by atoms with Gasteiger partial charge in [0.1, 0.15) is 26.8 Å². The Balaban J connectivity index is 1.52. The molecule has 3 unspecified atom stereocenters. The van der Waals surface area contributed by atoms with Gasteiger partial charge in [0.15, 0.2) is 9.60 Å². The quantitative estimate of drug-likeness (QED) is 0.357. The van der Waals surface area contributed by atoms with Crippen molar-refractivity contribution in [2.75, 3.05) is 5.73 Å². The summed E-state index contributed by atoms with van der Waals surface area (Å²) in [5, 5.41) is 17.2. The third kappa shape index (κ3) is 4.08. The Kier molecular flexibility index (Phi) is 6.40. The number of aliphatic carboxylic acids is 1. The number of hydrogen-bond donors (Lipinski definition) is 3. The van der Waals surface area contributed by atoms with Gasteiger partial charge in [-0.25, -0.2) is 14.8 Å². The van der Waals surface area contributed by atoms with E-state index in [9.17, 15) is 24.4 Å². The largest absolute Gasteiger partial charge is 0.477 e. The third-order valence-corrected chi connectivity index (χ3v) is 8.12. The number of nitrogens with two attached hydrogens (primary N) is 1. The fraction of sp³-hybridized carbons (Fsp3) is 0.312. The number of carbonyl (C=O) groups excluding carboxylic acids is 2. The van der Waals surface area contributed by atoms with Gasteiger partial charge in [-0.05, 0) is 18.0 Å². The molecular weight excluding hydrogens is 523 g/mol. The summed E-state index contributed by atoms with van der Waals surface area (Å²) in [6.07, 6.45) is 0.753. The molecule has 32 heavy (non-hydrogen) atoms. The Morgan fingerprint density at radius 2 is 2.16 bits per heavy atom. The molecule has 2 aromatic rings. The Morgan fingerprint density at radius 1 is 1.41 bits per heavy atom. The van der Waals surface area contributed by atoms with Gasteiger partial charge >= 0.3 is 5.97 Å². The molecule has 2 amide bonds. The van der Waals surface area contributed by atoms with Crippen LogP contribution in [-0.2, 0) is 14.4 Å². The molecule has 11 nitrogen and oxygen atoms in total. The molecule has 168 valence electrons. The number of carbonyl (C=O) groups is 3. The summed E-state index contributed by atoms with van der Waals surface area (Å²) in [5.41, 5.74) is 5.29. The number of aromatic nitrogens is 2. The van der Waals surface area contributed by atoms with E-state index < -0.39 is 35.9 Å². The van der Waals surface area contributed by atoms with Crippen LogP contribution in [0.2, 0.25) is 8.80 Å². The predicted molar refractivity (Wildman–Crippen MR) is 120 cm³/mol. The van der Waals surface area contributed by atoms with E-state index >= 15 is 0 Å². The lowest BCUT2D eigenvalue weighted by Gasteiger charge is -2.50. The number of nitrogen functional groups attached to an aromatic ring is 1. The van der Waals surface area contributed by atoms with Gasteiger partial charge in [0.05, 0.1) is 6.04 Å². The second-order valence-corrected chi connectivity index (χ2v) is 10.8. The first-order chi connectivity index (χ1) is 15.2. The Labute approximate surface area is 202 Å². The summed E-state index contributed by atoms with van der Waals surface area (Å²) in [6.45, 7) is 0. The molecule has 0 radical (unpaired) electrons. The number of nitrogens with zero attached hydrogens (tertiary/aromatic N) is 4. The maximum atomic E-state index is 12.8. The average Bonchev–Trinajstić information content (AvgIpc) is 3.30. The van der Waals surface area contributed by atoms with Crippen LogP contribution in [-0.4, -0.2) is 49.8 Å². The van der Waals surface area contributed by atoms with Crippen molar-refractivity contribution in [3.05, 3.63) is 35.4 Å². The molecule has 4 rings (SSSR count). The van der Waals surface area contributed by atoms with E-state index in [2.05, 4.69) is 20.5 Å². The zero-order valence-corrected chi connectivity index (χ0v) is 19.6. The number of amides is 2. The highest BCUT2D eigenvalue weighted by molar-refractivity contribution is 8.03. The molecule has 0 saturated carbocycles.